The smallest absolute Gasteiger partial charge is 0.287 e. The lowest BCUT2D eigenvalue weighted by Crippen LogP contribution is -2.32. The molecule has 0 aromatic carbocycles. The molecule has 15 heavy (non-hydrogen) atoms. The minimum absolute atomic E-state index is 0.0501. The number of amides is 1. The first-order chi connectivity index (χ1) is 7.15. The van der Waals surface area contributed by atoms with Gasteiger partial charge in [-0.3, -0.25) is 4.79 Å². The molecular formula is C11H17NO3. The van der Waals surface area contributed by atoms with Crippen LogP contribution in [0, 0.1) is 6.92 Å². The lowest BCUT2D eigenvalue weighted by Gasteiger charge is -2.12. The van der Waals surface area contributed by atoms with Gasteiger partial charge in [-0.05, 0) is 32.8 Å². The maximum atomic E-state index is 11.6. The van der Waals surface area contributed by atoms with E-state index in [4.69, 9.17) is 9.52 Å². The van der Waals surface area contributed by atoms with Gasteiger partial charge in [-0.25, -0.2) is 0 Å². The highest BCUT2D eigenvalue weighted by atomic mass is 16.3. The Labute approximate surface area is 89.3 Å². The Kier molecular flexibility index (Phi) is 4.37. The molecule has 0 saturated carbocycles. The molecule has 1 amide bonds. The summed E-state index contributed by atoms with van der Waals surface area (Å²) in [5.74, 6) is 0.175. The first kappa shape index (κ1) is 11.8. The summed E-state index contributed by atoms with van der Waals surface area (Å²) in [5.41, 5.74) is 0.835. The van der Waals surface area contributed by atoms with Crippen molar-refractivity contribution in [3.8, 4) is 0 Å². The molecular weight excluding hydrogens is 194 g/mol. The Hall–Kier alpha value is -1.29. The largest absolute Gasteiger partial charge is 0.459 e. The molecule has 0 bridgehead atoms. The summed E-state index contributed by atoms with van der Waals surface area (Å²) in [7, 11) is 0. The molecule has 0 radical (unpaired) electrons. The molecule has 0 spiro atoms. The van der Waals surface area contributed by atoms with E-state index >= 15 is 0 Å². The number of aliphatic hydroxyl groups is 1. The van der Waals surface area contributed by atoms with Crippen molar-refractivity contribution in [1.82, 2.24) is 5.32 Å². The third-order valence-electron chi connectivity index (χ3n) is 2.24. The molecule has 4 nitrogen and oxygen atoms in total. The fourth-order valence-electron chi connectivity index (χ4n) is 1.36. The number of nitrogens with one attached hydrogen (secondary N) is 1. The Morgan fingerprint density at radius 3 is 2.93 bits per heavy atom. The molecule has 4 heteroatoms. The van der Waals surface area contributed by atoms with E-state index in [9.17, 15) is 4.79 Å². The van der Waals surface area contributed by atoms with E-state index in [0.29, 0.717) is 12.2 Å². The van der Waals surface area contributed by atoms with Gasteiger partial charge in [-0.15, -0.1) is 0 Å². The zero-order chi connectivity index (χ0) is 11.3. The standard InChI is InChI=1S/C11H17NO3/c1-8-5-7-15-10(8)11(14)12-9(2)4-3-6-13/h5,7,9,13H,3-4,6H2,1-2H3,(H,12,14). The molecule has 1 unspecified atom stereocenters. The van der Waals surface area contributed by atoms with Crippen molar-refractivity contribution >= 4 is 5.91 Å². The second-order valence-electron chi connectivity index (χ2n) is 3.67. The van der Waals surface area contributed by atoms with Gasteiger partial charge in [0.15, 0.2) is 5.76 Å². The number of hydrogen-bond acceptors (Lipinski definition) is 3. The average molecular weight is 211 g/mol. The number of aryl methyl sites for hydroxylation is 1. The Balaban J connectivity index is 2.46. The van der Waals surface area contributed by atoms with Crippen LogP contribution in [-0.2, 0) is 0 Å². The van der Waals surface area contributed by atoms with Crippen molar-refractivity contribution in [1.29, 1.82) is 0 Å². The SMILES string of the molecule is Cc1ccoc1C(=O)NC(C)CCCO. The molecule has 0 fully saturated rings. The Morgan fingerprint density at radius 2 is 2.40 bits per heavy atom. The van der Waals surface area contributed by atoms with Crippen molar-refractivity contribution in [2.24, 2.45) is 0 Å². The summed E-state index contributed by atoms with van der Waals surface area (Å²) in [6.07, 6.45) is 2.96. The molecule has 1 heterocycles. The zero-order valence-electron chi connectivity index (χ0n) is 9.12. The lowest BCUT2D eigenvalue weighted by molar-refractivity contribution is 0.0907. The lowest BCUT2D eigenvalue weighted by atomic mass is 10.2. The number of carbonyl (C=O) groups is 1. The molecule has 0 saturated heterocycles. The third kappa shape index (κ3) is 3.40. The van der Waals surface area contributed by atoms with Crippen molar-refractivity contribution in [3.05, 3.63) is 23.7 Å². The minimum Gasteiger partial charge on any atom is -0.459 e. The van der Waals surface area contributed by atoms with Gasteiger partial charge < -0.3 is 14.8 Å². The maximum absolute atomic E-state index is 11.6. The quantitative estimate of drug-likeness (QED) is 0.775. The highest BCUT2D eigenvalue weighted by Gasteiger charge is 2.14. The maximum Gasteiger partial charge on any atom is 0.287 e. The Morgan fingerprint density at radius 1 is 1.67 bits per heavy atom. The van der Waals surface area contributed by atoms with Gasteiger partial charge in [0, 0.05) is 18.2 Å². The normalized spacial score (nSPS) is 12.5. The van der Waals surface area contributed by atoms with Crippen LogP contribution in [0.5, 0.6) is 0 Å². The van der Waals surface area contributed by atoms with Crippen LogP contribution in [0.1, 0.15) is 35.9 Å². The highest BCUT2D eigenvalue weighted by Crippen LogP contribution is 2.09. The van der Waals surface area contributed by atoms with Gasteiger partial charge in [-0.2, -0.15) is 0 Å². The summed E-state index contributed by atoms with van der Waals surface area (Å²) in [6.45, 7) is 3.89. The molecule has 1 rings (SSSR count). The third-order valence-corrected chi connectivity index (χ3v) is 2.24. The fourth-order valence-corrected chi connectivity index (χ4v) is 1.36. The number of rotatable bonds is 5. The summed E-state index contributed by atoms with van der Waals surface area (Å²) in [6, 6.07) is 1.81. The van der Waals surface area contributed by atoms with Crippen LogP contribution >= 0.6 is 0 Å². The van der Waals surface area contributed by atoms with E-state index < -0.39 is 0 Å². The summed E-state index contributed by atoms with van der Waals surface area (Å²) < 4.78 is 5.07. The van der Waals surface area contributed by atoms with Crippen LogP contribution in [0.4, 0.5) is 0 Å². The molecule has 1 aromatic rings. The topological polar surface area (TPSA) is 62.5 Å². The fraction of sp³-hybridized carbons (Fsp3) is 0.545. The molecule has 0 aliphatic heterocycles. The van der Waals surface area contributed by atoms with Gasteiger partial charge in [0.05, 0.1) is 6.26 Å². The molecule has 1 atom stereocenters. The Bertz CT molecular complexity index is 319. The van der Waals surface area contributed by atoms with E-state index in [2.05, 4.69) is 5.32 Å². The van der Waals surface area contributed by atoms with E-state index in [1.54, 1.807) is 6.07 Å². The average Bonchev–Trinajstić information content (AvgIpc) is 2.61. The molecule has 0 aliphatic rings. The molecule has 0 aliphatic carbocycles. The summed E-state index contributed by atoms with van der Waals surface area (Å²) in [5, 5.41) is 11.5. The van der Waals surface area contributed by atoms with Crippen LogP contribution < -0.4 is 5.32 Å². The van der Waals surface area contributed by atoms with E-state index in [1.807, 2.05) is 13.8 Å². The predicted molar refractivity (Wildman–Crippen MR) is 56.7 cm³/mol. The first-order valence-corrected chi connectivity index (χ1v) is 5.11. The molecule has 84 valence electrons. The van der Waals surface area contributed by atoms with Crippen LogP contribution in [0.15, 0.2) is 16.7 Å². The van der Waals surface area contributed by atoms with E-state index in [-0.39, 0.29) is 18.6 Å². The van der Waals surface area contributed by atoms with Crippen LogP contribution in [-0.4, -0.2) is 23.7 Å². The van der Waals surface area contributed by atoms with Crippen molar-refractivity contribution in [2.75, 3.05) is 6.61 Å². The minimum atomic E-state index is -0.192. The number of furan rings is 1. The van der Waals surface area contributed by atoms with E-state index in [0.717, 1.165) is 12.0 Å². The predicted octanol–water partition coefficient (Wildman–Crippen LogP) is 1.48. The van der Waals surface area contributed by atoms with Gasteiger partial charge >= 0.3 is 0 Å². The van der Waals surface area contributed by atoms with E-state index in [1.165, 1.54) is 6.26 Å². The van der Waals surface area contributed by atoms with Gasteiger partial charge in [0.2, 0.25) is 0 Å². The van der Waals surface area contributed by atoms with Crippen molar-refractivity contribution < 1.29 is 14.3 Å². The van der Waals surface area contributed by atoms with Crippen LogP contribution in [0.2, 0.25) is 0 Å². The summed E-state index contributed by atoms with van der Waals surface area (Å²) in [4.78, 5) is 11.6. The second kappa shape index (κ2) is 5.56. The first-order valence-electron chi connectivity index (χ1n) is 5.11. The highest BCUT2D eigenvalue weighted by molar-refractivity contribution is 5.92. The summed E-state index contributed by atoms with van der Waals surface area (Å²) >= 11 is 0. The van der Waals surface area contributed by atoms with Gasteiger partial charge in [-0.1, -0.05) is 0 Å². The van der Waals surface area contributed by atoms with Gasteiger partial charge in [0.1, 0.15) is 0 Å². The molecule has 1 aromatic heterocycles. The van der Waals surface area contributed by atoms with Crippen molar-refractivity contribution in [3.63, 3.8) is 0 Å². The van der Waals surface area contributed by atoms with Crippen LogP contribution in [0.3, 0.4) is 0 Å². The number of carbonyl (C=O) groups excluding carboxylic acids is 1. The van der Waals surface area contributed by atoms with Crippen LogP contribution in [0.25, 0.3) is 0 Å². The molecule has 2 N–H and O–H groups in total. The zero-order valence-corrected chi connectivity index (χ0v) is 9.12. The van der Waals surface area contributed by atoms with Gasteiger partial charge in [0.25, 0.3) is 5.91 Å². The van der Waals surface area contributed by atoms with Crippen molar-refractivity contribution in [2.45, 2.75) is 32.7 Å². The second-order valence-corrected chi connectivity index (χ2v) is 3.67. The number of hydrogen-bond donors (Lipinski definition) is 2. The number of aliphatic hydroxyl groups excluding tert-OH is 1. The monoisotopic (exact) mass is 211 g/mol.